The summed E-state index contributed by atoms with van der Waals surface area (Å²) in [6, 6.07) is 15.6. The number of thioether (sulfide) groups is 1. The molecule has 1 amide bonds. The van der Waals surface area contributed by atoms with Crippen molar-refractivity contribution in [1.82, 2.24) is 19.9 Å². The Hall–Kier alpha value is -3.24. The van der Waals surface area contributed by atoms with Crippen LogP contribution in [0.3, 0.4) is 0 Å². The highest BCUT2D eigenvalue weighted by atomic mass is 32.2. The molecule has 2 aromatic carbocycles. The Kier molecular flexibility index (Phi) is 5.77. The van der Waals surface area contributed by atoms with E-state index in [0.717, 1.165) is 11.4 Å². The molecule has 0 spiro atoms. The van der Waals surface area contributed by atoms with E-state index < -0.39 is 5.82 Å². The molecule has 0 radical (unpaired) electrons. The fraction of sp³-hybridized carbons (Fsp3) is 0.100. The van der Waals surface area contributed by atoms with Crippen LogP contribution in [0.1, 0.15) is 12.6 Å². The number of nitrogen functional groups attached to an aromatic ring is 1. The van der Waals surface area contributed by atoms with Gasteiger partial charge in [0.1, 0.15) is 5.82 Å². The molecule has 0 aliphatic heterocycles. The molecule has 10 heteroatoms. The largest absolute Gasteiger partial charge is 0.335 e. The SMILES string of the molecule is CC(=O)N(c1ccccc1)c1nc(CSc2nnc(-c3ccccc3F)n2N)cs1. The van der Waals surface area contributed by atoms with Crippen LogP contribution in [0.2, 0.25) is 0 Å². The average molecular weight is 441 g/mol. The van der Waals surface area contributed by atoms with E-state index in [1.165, 1.54) is 40.8 Å². The van der Waals surface area contributed by atoms with E-state index in [1.807, 2.05) is 35.7 Å². The standard InChI is InChI=1S/C20H17FN6OS2/c1-13(28)26(15-7-3-2-4-8-15)19-23-14(11-29-19)12-30-20-25-24-18(27(20)22)16-9-5-6-10-17(16)21/h2-11H,12,22H2,1H3. The van der Waals surface area contributed by atoms with Crippen molar-refractivity contribution in [3.8, 4) is 11.4 Å². The molecular formula is C20H17FN6OS2. The van der Waals surface area contributed by atoms with Gasteiger partial charge in [-0.15, -0.1) is 21.5 Å². The van der Waals surface area contributed by atoms with E-state index in [4.69, 9.17) is 5.84 Å². The monoisotopic (exact) mass is 440 g/mol. The molecule has 2 aromatic heterocycles. The molecule has 0 aliphatic rings. The predicted molar refractivity (Wildman–Crippen MR) is 117 cm³/mol. The van der Waals surface area contributed by atoms with Crippen LogP contribution in [0.4, 0.5) is 15.2 Å². The zero-order valence-electron chi connectivity index (χ0n) is 15.9. The van der Waals surface area contributed by atoms with Crippen LogP contribution in [0.25, 0.3) is 11.4 Å². The summed E-state index contributed by atoms with van der Waals surface area (Å²) in [7, 11) is 0. The van der Waals surface area contributed by atoms with Gasteiger partial charge in [0.05, 0.1) is 16.9 Å². The first-order valence-electron chi connectivity index (χ1n) is 8.93. The number of hydrogen-bond donors (Lipinski definition) is 1. The molecule has 4 rings (SSSR count). The number of carbonyl (C=O) groups excluding carboxylic acids is 1. The van der Waals surface area contributed by atoms with Crippen LogP contribution in [-0.2, 0) is 10.5 Å². The molecule has 152 valence electrons. The summed E-state index contributed by atoms with van der Waals surface area (Å²) in [5.74, 6) is 6.26. The van der Waals surface area contributed by atoms with Crippen LogP contribution < -0.4 is 10.7 Å². The lowest BCUT2D eigenvalue weighted by atomic mass is 10.2. The van der Waals surface area contributed by atoms with Gasteiger partial charge in [-0.05, 0) is 24.3 Å². The van der Waals surface area contributed by atoms with Crippen LogP contribution in [0.15, 0.2) is 65.1 Å². The number of amides is 1. The van der Waals surface area contributed by atoms with Crippen molar-refractivity contribution in [1.29, 1.82) is 0 Å². The summed E-state index contributed by atoms with van der Waals surface area (Å²) < 4.78 is 15.3. The van der Waals surface area contributed by atoms with Crippen molar-refractivity contribution >= 4 is 39.8 Å². The van der Waals surface area contributed by atoms with Gasteiger partial charge in [0.25, 0.3) is 0 Å². The van der Waals surface area contributed by atoms with Gasteiger partial charge in [0.15, 0.2) is 11.0 Å². The number of nitrogens with two attached hydrogens (primary N) is 1. The van der Waals surface area contributed by atoms with E-state index >= 15 is 0 Å². The second-order valence-corrected chi connectivity index (χ2v) is 8.04. The molecule has 7 nitrogen and oxygen atoms in total. The maximum atomic E-state index is 14.0. The highest BCUT2D eigenvalue weighted by molar-refractivity contribution is 7.98. The molecule has 0 saturated carbocycles. The maximum Gasteiger partial charge on any atom is 0.230 e. The van der Waals surface area contributed by atoms with Crippen molar-refractivity contribution in [2.24, 2.45) is 0 Å². The van der Waals surface area contributed by atoms with Crippen LogP contribution in [0, 0.1) is 5.82 Å². The lowest BCUT2D eigenvalue weighted by molar-refractivity contribution is -0.115. The summed E-state index contributed by atoms with van der Waals surface area (Å²) in [5.41, 5.74) is 1.82. The summed E-state index contributed by atoms with van der Waals surface area (Å²) in [6.07, 6.45) is 0. The number of thiazole rings is 1. The Morgan fingerprint density at radius 3 is 2.63 bits per heavy atom. The predicted octanol–water partition coefficient (Wildman–Crippen LogP) is 4.23. The lowest BCUT2D eigenvalue weighted by Gasteiger charge is -2.17. The molecule has 0 bridgehead atoms. The normalized spacial score (nSPS) is 10.9. The van der Waals surface area contributed by atoms with Gasteiger partial charge < -0.3 is 5.84 Å². The molecule has 0 unspecified atom stereocenters. The topological polar surface area (TPSA) is 89.9 Å². The number of rotatable bonds is 6. The number of anilines is 2. The van der Waals surface area contributed by atoms with Crippen molar-refractivity contribution in [3.05, 3.63) is 71.5 Å². The van der Waals surface area contributed by atoms with Gasteiger partial charge in [0, 0.05) is 18.1 Å². The lowest BCUT2D eigenvalue weighted by Crippen LogP contribution is -2.22. The van der Waals surface area contributed by atoms with E-state index in [-0.39, 0.29) is 17.3 Å². The summed E-state index contributed by atoms with van der Waals surface area (Å²) >= 11 is 2.71. The third-order valence-electron chi connectivity index (χ3n) is 4.19. The number of halogens is 1. The molecule has 0 fully saturated rings. The van der Waals surface area contributed by atoms with E-state index in [1.54, 1.807) is 23.1 Å². The second kappa shape index (κ2) is 8.64. The molecule has 0 atom stereocenters. The number of benzene rings is 2. The fourth-order valence-corrected chi connectivity index (χ4v) is 4.55. The van der Waals surface area contributed by atoms with Gasteiger partial charge >= 0.3 is 0 Å². The Morgan fingerprint density at radius 2 is 1.90 bits per heavy atom. The van der Waals surface area contributed by atoms with Crippen LogP contribution in [-0.4, -0.2) is 25.8 Å². The smallest absolute Gasteiger partial charge is 0.230 e. The molecule has 2 heterocycles. The number of nitrogens with zero attached hydrogens (tertiary/aromatic N) is 5. The van der Waals surface area contributed by atoms with E-state index in [2.05, 4.69) is 15.2 Å². The summed E-state index contributed by atoms with van der Waals surface area (Å²) in [5, 5.41) is 11.0. The Labute approximate surface area is 180 Å². The van der Waals surface area contributed by atoms with E-state index in [0.29, 0.717) is 16.0 Å². The summed E-state index contributed by atoms with van der Waals surface area (Å²) in [4.78, 5) is 18.3. The Morgan fingerprint density at radius 1 is 1.17 bits per heavy atom. The molecule has 0 saturated heterocycles. The van der Waals surface area contributed by atoms with Gasteiger partial charge in [-0.25, -0.2) is 14.1 Å². The Bertz CT molecular complexity index is 1180. The zero-order chi connectivity index (χ0) is 21.1. The number of hydrogen-bond acceptors (Lipinski definition) is 7. The maximum absolute atomic E-state index is 14.0. The zero-order valence-corrected chi connectivity index (χ0v) is 17.5. The summed E-state index contributed by atoms with van der Waals surface area (Å²) in [6.45, 7) is 1.50. The van der Waals surface area contributed by atoms with Gasteiger partial charge in [-0.3, -0.25) is 9.69 Å². The second-order valence-electron chi connectivity index (χ2n) is 6.26. The van der Waals surface area contributed by atoms with E-state index in [9.17, 15) is 9.18 Å². The minimum absolute atomic E-state index is 0.119. The van der Waals surface area contributed by atoms with Crippen LogP contribution in [0.5, 0.6) is 0 Å². The number of aromatic nitrogens is 4. The highest BCUT2D eigenvalue weighted by Crippen LogP contribution is 2.31. The van der Waals surface area contributed by atoms with Crippen LogP contribution >= 0.6 is 23.1 Å². The first kappa shape index (κ1) is 20.0. The first-order chi connectivity index (χ1) is 14.5. The quantitative estimate of drug-likeness (QED) is 0.356. The fourth-order valence-electron chi connectivity index (χ4n) is 2.81. The number of carbonyl (C=O) groups is 1. The van der Waals surface area contributed by atoms with Gasteiger partial charge in [-0.1, -0.05) is 42.1 Å². The minimum atomic E-state index is -0.414. The molecule has 0 aliphatic carbocycles. The first-order valence-corrected chi connectivity index (χ1v) is 10.8. The van der Waals surface area contributed by atoms with Crippen molar-refractivity contribution < 1.29 is 9.18 Å². The third kappa shape index (κ3) is 4.05. The van der Waals surface area contributed by atoms with Crippen molar-refractivity contribution in [2.45, 2.75) is 17.8 Å². The molecular weight excluding hydrogens is 423 g/mol. The minimum Gasteiger partial charge on any atom is -0.335 e. The Balaban J connectivity index is 1.50. The molecule has 4 aromatic rings. The van der Waals surface area contributed by atoms with Crippen molar-refractivity contribution in [3.63, 3.8) is 0 Å². The third-order valence-corrected chi connectivity index (χ3v) is 6.04. The van der Waals surface area contributed by atoms with Gasteiger partial charge in [0.2, 0.25) is 11.1 Å². The molecule has 2 N–H and O–H groups in total. The van der Waals surface area contributed by atoms with Crippen molar-refractivity contribution in [2.75, 3.05) is 10.7 Å². The highest BCUT2D eigenvalue weighted by Gasteiger charge is 2.19. The van der Waals surface area contributed by atoms with Gasteiger partial charge in [-0.2, -0.15) is 0 Å². The molecule has 30 heavy (non-hydrogen) atoms. The average Bonchev–Trinajstić information content (AvgIpc) is 3.34. The number of para-hydroxylation sites is 1.